The molecular formula is C27H34Cl2F3N3O4S. The summed E-state index contributed by atoms with van der Waals surface area (Å²) in [6, 6.07) is 7.88. The molecule has 1 N–H and O–H groups in total. The normalized spacial score (nSPS) is 13.4. The van der Waals surface area contributed by atoms with Crippen molar-refractivity contribution in [3.05, 3.63) is 63.6 Å². The molecule has 0 aromatic heterocycles. The average Bonchev–Trinajstić information content (AvgIpc) is 2.86. The number of sulfonamides is 1. The molecule has 2 amide bonds. The molecule has 2 aromatic carbocycles. The number of carbonyl (C=O) groups excluding carboxylic acids is 2. The minimum atomic E-state index is -4.65. The van der Waals surface area contributed by atoms with E-state index in [1.54, 1.807) is 25.1 Å². The van der Waals surface area contributed by atoms with E-state index in [0.29, 0.717) is 22.0 Å². The summed E-state index contributed by atoms with van der Waals surface area (Å²) in [5.74, 6) is -0.810. The zero-order valence-corrected chi connectivity index (χ0v) is 25.1. The van der Waals surface area contributed by atoms with Crippen molar-refractivity contribution in [1.29, 1.82) is 0 Å². The Morgan fingerprint density at radius 1 is 1.02 bits per heavy atom. The molecule has 2 aromatic rings. The summed E-state index contributed by atoms with van der Waals surface area (Å²) >= 11 is 12.7. The first-order chi connectivity index (χ1) is 18.6. The highest BCUT2D eigenvalue weighted by molar-refractivity contribution is 7.92. The van der Waals surface area contributed by atoms with E-state index in [2.05, 4.69) is 5.32 Å². The maximum Gasteiger partial charge on any atom is 0.416 e. The van der Waals surface area contributed by atoms with Crippen LogP contribution in [0.25, 0.3) is 0 Å². The van der Waals surface area contributed by atoms with E-state index in [9.17, 15) is 31.2 Å². The summed E-state index contributed by atoms with van der Waals surface area (Å²) in [5.41, 5.74) is -0.699. The second kappa shape index (κ2) is 14.4. The molecule has 0 fully saturated rings. The number of halogens is 5. The first-order valence-electron chi connectivity index (χ1n) is 12.8. The van der Waals surface area contributed by atoms with Crippen molar-refractivity contribution in [2.24, 2.45) is 0 Å². The number of anilines is 1. The highest BCUT2D eigenvalue weighted by atomic mass is 35.5. The van der Waals surface area contributed by atoms with Crippen molar-refractivity contribution in [2.75, 3.05) is 17.1 Å². The van der Waals surface area contributed by atoms with Crippen LogP contribution in [0.15, 0.2) is 42.5 Å². The molecule has 7 nitrogen and oxygen atoms in total. The van der Waals surface area contributed by atoms with Gasteiger partial charge >= 0.3 is 6.18 Å². The van der Waals surface area contributed by atoms with Crippen LogP contribution in [0.1, 0.15) is 57.6 Å². The Morgan fingerprint density at radius 2 is 1.62 bits per heavy atom. The van der Waals surface area contributed by atoms with Gasteiger partial charge in [-0.25, -0.2) is 8.42 Å². The monoisotopic (exact) mass is 623 g/mol. The molecule has 0 aliphatic heterocycles. The molecule has 2 atom stereocenters. The highest BCUT2D eigenvalue weighted by Gasteiger charge is 2.32. The van der Waals surface area contributed by atoms with Crippen LogP contribution in [-0.4, -0.2) is 50.0 Å². The quantitative estimate of drug-likeness (QED) is 0.284. The lowest BCUT2D eigenvalue weighted by Gasteiger charge is -2.32. The molecule has 0 bridgehead atoms. The number of nitrogens with zero attached hydrogens (tertiary/aromatic N) is 2. The van der Waals surface area contributed by atoms with Gasteiger partial charge in [0.05, 0.1) is 17.5 Å². The van der Waals surface area contributed by atoms with Gasteiger partial charge in [0.1, 0.15) is 6.04 Å². The van der Waals surface area contributed by atoms with Crippen molar-refractivity contribution in [1.82, 2.24) is 10.2 Å². The van der Waals surface area contributed by atoms with Gasteiger partial charge in [-0.15, -0.1) is 0 Å². The van der Waals surface area contributed by atoms with Crippen LogP contribution < -0.4 is 9.62 Å². The first-order valence-corrected chi connectivity index (χ1v) is 15.4. The molecule has 40 heavy (non-hydrogen) atoms. The molecular weight excluding hydrogens is 590 g/mol. The van der Waals surface area contributed by atoms with Crippen LogP contribution in [-0.2, 0) is 32.3 Å². The number of hydrogen-bond acceptors (Lipinski definition) is 4. The fourth-order valence-electron chi connectivity index (χ4n) is 4.06. The largest absolute Gasteiger partial charge is 0.416 e. The van der Waals surface area contributed by atoms with Crippen LogP contribution in [0.3, 0.4) is 0 Å². The topological polar surface area (TPSA) is 86.8 Å². The third-order valence-electron chi connectivity index (χ3n) is 6.39. The Labute approximate surface area is 243 Å². The van der Waals surface area contributed by atoms with E-state index < -0.39 is 33.7 Å². The fourth-order valence-corrected chi connectivity index (χ4v) is 5.53. The molecule has 0 heterocycles. The van der Waals surface area contributed by atoms with Gasteiger partial charge in [0.2, 0.25) is 21.8 Å². The van der Waals surface area contributed by atoms with E-state index in [1.165, 1.54) is 11.0 Å². The third kappa shape index (κ3) is 9.27. The Kier molecular flexibility index (Phi) is 12.1. The number of amides is 2. The minimum Gasteiger partial charge on any atom is -0.352 e. The molecule has 0 saturated carbocycles. The molecule has 13 heteroatoms. The van der Waals surface area contributed by atoms with E-state index in [0.717, 1.165) is 28.8 Å². The summed E-state index contributed by atoms with van der Waals surface area (Å²) in [6.45, 7) is 5.20. The number of benzene rings is 2. The Hall–Kier alpha value is -2.50. The molecule has 0 spiro atoms. The SMILES string of the molecule is CCC(C)NC(=O)C(CC)N(Cc1c(Cl)cccc1Cl)C(=O)CCCN(c1cccc(C(F)(F)F)c1)S(C)(=O)=O. The van der Waals surface area contributed by atoms with Crippen LogP contribution in [0, 0.1) is 0 Å². The molecule has 0 aliphatic carbocycles. The zero-order chi connectivity index (χ0) is 30.3. The molecule has 0 radical (unpaired) electrons. The molecule has 0 saturated heterocycles. The Balaban J connectivity index is 2.32. The lowest BCUT2D eigenvalue weighted by atomic mass is 10.1. The number of hydrogen-bond donors (Lipinski definition) is 1. The zero-order valence-electron chi connectivity index (χ0n) is 22.8. The van der Waals surface area contributed by atoms with E-state index >= 15 is 0 Å². The lowest BCUT2D eigenvalue weighted by Crippen LogP contribution is -2.50. The number of rotatable bonds is 13. The summed E-state index contributed by atoms with van der Waals surface area (Å²) in [7, 11) is -3.97. The highest BCUT2D eigenvalue weighted by Crippen LogP contribution is 2.32. The molecule has 2 unspecified atom stereocenters. The number of nitrogens with one attached hydrogen (secondary N) is 1. The molecule has 222 valence electrons. The van der Waals surface area contributed by atoms with Crippen molar-refractivity contribution in [3.63, 3.8) is 0 Å². The van der Waals surface area contributed by atoms with Gasteiger partial charge in [-0.05, 0) is 56.5 Å². The first kappa shape index (κ1) is 33.7. The molecule has 0 aliphatic rings. The van der Waals surface area contributed by atoms with Gasteiger partial charge in [0.15, 0.2) is 0 Å². The summed E-state index contributed by atoms with van der Waals surface area (Å²) in [4.78, 5) is 28.0. The van der Waals surface area contributed by atoms with Crippen molar-refractivity contribution in [2.45, 2.75) is 71.3 Å². The smallest absolute Gasteiger partial charge is 0.352 e. The predicted octanol–water partition coefficient (Wildman–Crippen LogP) is 6.28. The van der Waals surface area contributed by atoms with Gasteiger partial charge in [0, 0.05) is 41.2 Å². The number of alkyl halides is 3. The van der Waals surface area contributed by atoms with Crippen LogP contribution in [0.4, 0.5) is 18.9 Å². The van der Waals surface area contributed by atoms with Crippen molar-refractivity contribution >= 4 is 50.7 Å². The standard InChI is InChI=1S/C27H34Cl2F3N3O4S/c1-5-18(3)33-26(37)24(6-2)34(17-21-22(28)12-8-13-23(21)29)25(36)14-9-15-35(40(4,38)39)20-11-7-10-19(16-20)27(30,31)32/h7-8,10-13,16,18,24H,5-6,9,14-15,17H2,1-4H3,(H,33,37). The summed E-state index contributed by atoms with van der Waals surface area (Å²) in [6.07, 6.45) is -2.99. The summed E-state index contributed by atoms with van der Waals surface area (Å²) < 4.78 is 65.4. The lowest BCUT2D eigenvalue weighted by molar-refractivity contribution is -0.141. The molecule has 2 rings (SSSR count). The van der Waals surface area contributed by atoms with E-state index in [4.69, 9.17) is 23.2 Å². The fraction of sp³-hybridized carbons (Fsp3) is 0.481. The van der Waals surface area contributed by atoms with Gasteiger partial charge in [-0.3, -0.25) is 13.9 Å². The van der Waals surface area contributed by atoms with Crippen molar-refractivity contribution in [3.8, 4) is 0 Å². The van der Waals surface area contributed by atoms with E-state index in [-0.39, 0.29) is 50.0 Å². The minimum absolute atomic E-state index is 0.0156. The summed E-state index contributed by atoms with van der Waals surface area (Å²) in [5, 5.41) is 3.52. The second-order valence-corrected chi connectivity index (χ2v) is 12.2. The van der Waals surface area contributed by atoms with Gasteiger partial charge in [-0.1, -0.05) is 49.2 Å². The van der Waals surface area contributed by atoms with Gasteiger partial charge in [-0.2, -0.15) is 13.2 Å². The van der Waals surface area contributed by atoms with Crippen LogP contribution >= 0.6 is 23.2 Å². The van der Waals surface area contributed by atoms with Crippen molar-refractivity contribution < 1.29 is 31.2 Å². The average molecular weight is 625 g/mol. The number of carbonyl (C=O) groups is 2. The Morgan fingerprint density at radius 3 is 2.15 bits per heavy atom. The van der Waals surface area contributed by atoms with Gasteiger partial charge in [0.25, 0.3) is 0 Å². The second-order valence-electron chi connectivity index (χ2n) is 9.45. The maximum atomic E-state index is 13.5. The van der Waals surface area contributed by atoms with E-state index in [1.807, 2.05) is 13.8 Å². The maximum absolute atomic E-state index is 13.5. The predicted molar refractivity (Wildman–Crippen MR) is 152 cm³/mol. The van der Waals surface area contributed by atoms with Crippen LogP contribution in [0.5, 0.6) is 0 Å². The van der Waals surface area contributed by atoms with Gasteiger partial charge < -0.3 is 10.2 Å². The van der Waals surface area contributed by atoms with Crippen LogP contribution in [0.2, 0.25) is 10.0 Å². The Bertz CT molecular complexity index is 1270. The third-order valence-corrected chi connectivity index (χ3v) is 8.29.